The van der Waals surface area contributed by atoms with E-state index in [0.717, 1.165) is 44.5 Å². The first-order valence-corrected chi connectivity index (χ1v) is 8.84. The van der Waals surface area contributed by atoms with Crippen molar-refractivity contribution in [1.82, 2.24) is 14.6 Å². The predicted octanol–water partition coefficient (Wildman–Crippen LogP) is 0.746. The highest BCUT2D eigenvalue weighted by Gasteiger charge is 2.38. The Bertz CT molecular complexity index is 584. The van der Waals surface area contributed by atoms with Crippen molar-refractivity contribution in [3.8, 4) is 5.88 Å². The van der Waals surface area contributed by atoms with Gasteiger partial charge in [-0.2, -0.15) is 0 Å². The molecule has 1 aromatic heterocycles. The molecule has 0 spiro atoms. The van der Waals surface area contributed by atoms with Crippen molar-refractivity contribution in [1.29, 1.82) is 0 Å². The largest absolute Gasteiger partial charge is 0.481 e. The second-order valence-electron chi connectivity index (χ2n) is 5.79. The molecule has 1 aliphatic carbocycles. The first kappa shape index (κ1) is 14.7. The Balaban J connectivity index is 1.52. The normalized spacial score (nSPS) is 23.4. The average molecular weight is 311 g/mol. The van der Waals surface area contributed by atoms with Gasteiger partial charge in [-0.05, 0) is 24.8 Å². The maximum atomic E-state index is 11.9. The number of nitrogens with zero attached hydrogens (tertiary/aromatic N) is 2. The van der Waals surface area contributed by atoms with Gasteiger partial charge in [0.25, 0.3) is 0 Å². The number of ether oxygens (including phenoxy) is 1. The number of hydrogen-bond donors (Lipinski definition) is 1. The molecule has 0 radical (unpaired) electrons. The average Bonchev–Trinajstić information content (AvgIpc) is 3.24. The van der Waals surface area contributed by atoms with Crippen molar-refractivity contribution in [3.05, 3.63) is 23.9 Å². The molecule has 0 aromatic carbocycles. The van der Waals surface area contributed by atoms with Crippen LogP contribution in [-0.4, -0.2) is 49.8 Å². The van der Waals surface area contributed by atoms with E-state index in [1.807, 2.05) is 12.1 Å². The highest BCUT2D eigenvalue weighted by molar-refractivity contribution is 7.90. The lowest BCUT2D eigenvalue weighted by molar-refractivity contribution is 0.323. The molecule has 2 fully saturated rings. The topological polar surface area (TPSA) is 71.5 Å². The number of hydrogen-bond acceptors (Lipinski definition) is 5. The summed E-state index contributed by atoms with van der Waals surface area (Å²) in [6, 6.07) is 3.88. The summed E-state index contributed by atoms with van der Waals surface area (Å²) in [5.74, 6) is 0.607. The van der Waals surface area contributed by atoms with Crippen LogP contribution in [0, 0.1) is 0 Å². The van der Waals surface area contributed by atoms with Gasteiger partial charge in [0.15, 0.2) is 0 Å². The summed E-state index contributed by atoms with van der Waals surface area (Å²) in [5.41, 5.74) is 1.11. The lowest BCUT2D eigenvalue weighted by atomic mass is 10.2. The second kappa shape index (κ2) is 5.90. The highest BCUT2D eigenvalue weighted by atomic mass is 32.2. The maximum absolute atomic E-state index is 11.9. The van der Waals surface area contributed by atoms with Crippen LogP contribution in [0.2, 0.25) is 0 Å². The second-order valence-corrected chi connectivity index (χ2v) is 7.78. The summed E-state index contributed by atoms with van der Waals surface area (Å²) < 4.78 is 31.7. The van der Waals surface area contributed by atoms with Crippen LogP contribution in [0.3, 0.4) is 0 Å². The van der Waals surface area contributed by atoms with E-state index in [2.05, 4.69) is 14.6 Å². The Kier molecular flexibility index (Phi) is 4.14. The van der Waals surface area contributed by atoms with Crippen LogP contribution in [0.1, 0.15) is 24.8 Å². The molecule has 6 nitrogen and oxygen atoms in total. The van der Waals surface area contributed by atoms with Crippen molar-refractivity contribution in [2.24, 2.45) is 0 Å². The van der Waals surface area contributed by atoms with Crippen LogP contribution in [0.25, 0.3) is 0 Å². The fourth-order valence-corrected chi connectivity index (χ4v) is 4.27. The molecule has 1 unspecified atom stereocenters. The minimum Gasteiger partial charge on any atom is -0.481 e. The van der Waals surface area contributed by atoms with Gasteiger partial charge in [-0.25, -0.2) is 18.1 Å². The molecular formula is C14H21N3O3S. The molecule has 1 saturated heterocycles. The molecule has 0 bridgehead atoms. The van der Waals surface area contributed by atoms with E-state index in [4.69, 9.17) is 4.74 Å². The Morgan fingerprint density at radius 2 is 2.19 bits per heavy atom. The third-order valence-corrected chi connectivity index (χ3v) is 5.99. The fraction of sp³-hybridized carbons (Fsp3) is 0.643. The molecule has 1 N–H and O–H groups in total. The van der Waals surface area contributed by atoms with Gasteiger partial charge in [-0.15, -0.1) is 0 Å². The highest BCUT2D eigenvalue weighted by Crippen LogP contribution is 2.28. The Morgan fingerprint density at radius 1 is 1.38 bits per heavy atom. The van der Waals surface area contributed by atoms with Crippen LogP contribution < -0.4 is 9.46 Å². The summed E-state index contributed by atoms with van der Waals surface area (Å²) in [6.45, 7) is 2.46. The molecule has 1 atom stereocenters. The zero-order valence-electron chi connectivity index (χ0n) is 12.2. The van der Waals surface area contributed by atoms with Crippen LogP contribution in [0.15, 0.2) is 18.3 Å². The number of pyridine rings is 1. The first-order chi connectivity index (χ1) is 10.1. The third kappa shape index (κ3) is 3.72. The zero-order valence-corrected chi connectivity index (χ0v) is 13.0. The summed E-state index contributed by atoms with van der Waals surface area (Å²) >= 11 is 0. The number of aromatic nitrogens is 1. The van der Waals surface area contributed by atoms with E-state index in [9.17, 15) is 8.42 Å². The number of likely N-dealkylation sites (tertiary alicyclic amines) is 1. The summed E-state index contributed by atoms with van der Waals surface area (Å²) in [6.07, 6.45) is 4.29. The van der Waals surface area contributed by atoms with E-state index in [1.54, 1.807) is 13.3 Å². The standard InChI is InChI=1S/C14H21N3O3S/c1-20-14-5-2-11(8-15-14)9-17-7-6-12(10-17)16-21(18,19)13-3-4-13/h2,5,8,12-13,16H,3-4,6-7,9-10H2,1H3. The van der Waals surface area contributed by atoms with E-state index < -0.39 is 10.0 Å². The van der Waals surface area contributed by atoms with Gasteiger partial charge < -0.3 is 4.74 Å². The van der Waals surface area contributed by atoms with E-state index >= 15 is 0 Å². The molecule has 1 aliphatic heterocycles. The lowest BCUT2D eigenvalue weighted by Gasteiger charge is -2.16. The van der Waals surface area contributed by atoms with E-state index in [-0.39, 0.29) is 11.3 Å². The predicted molar refractivity (Wildman–Crippen MR) is 79.5 cm³/mol. The summed E-state index contributed by atoms with van der Waals surface area (Å²) in [4.78, 5) is 6.44. The Labute approximate surface area is 125 Å². The van der Waals surface area contributed by atoms with Crippen LogP contribution in [-0.2, 0) is 16.6 Å². The molecule has 1 saturated carbocycles. The molecule has 2 aliphatic rings. The zero-order chi connectivity index (χ0) is 14.9. The van der Waals surface area contributed by atoms with Crippen LogP contribution in [0.5, 0.6) is 5.88 Å². The van der Waals surface area contributed by atoms with Gasteiger partial charge in [0.1, 0.15) is 0 Å². The van der Waals surface area contributed by atoms with Crippen LogP contribution >= 0.6 is 0 Å². The van der Waals surface area contributed by atoms with Gasteiger partial charge in [-0.3, -0.25) is 4.90 Å². The molecule has 0 amide bonds. The summed E-state index contributed by atoms with van der Waals surface area (Å²) in [7, 11) is -1.49. The minimum atomic E-state index is -3.08. The molecule has 2 heterocycles. The number of sulfonamides is 1. The number of rotatable bonds is 6. The minimum absolute atomic E-state index is 0.0433. The SMILES string of the molecule is COc1ccc(CN2CCC(NS(=O)(=O)C3CC3)C2)cn1. The third-order valence-electron chi connectivity index (χ3n) is 3.98. The Hall–Kier alpha value is -1.18. The van der Waals surface area contributed by atoms with Gasteiger partial charge in [-0.1, -0.05) is 6.07 Å². The quantitative estimate of drug-likeness (QED) is 0.839. The molecule has 3 rings (SSSR count). The molecule has 21 heavy (non-hydrogen) atoms. The van der Waals surface area contributed by atoms with Crippen molar-refractivity contribution in [2.45, 2.75) is 37.1 Å². The van der Waals surface area contributed by atoms with E-state index in [0.29, 0.717) is 5.88 Å². The molecule has 1 aromatic rings. The molecule has 7 heteroatoms. The molecule has 116 valence electrons. The fourth-order valence-electron chi connectivity index (χ4n) is 2.66. The van der Waals surface area contributed by atoms with Gasteiger partial charge in [0, 0.05) is 37.9 Å². The maximum Gasteiger partial charge on any atom is 0.214 e. The van der Waals surface area contributed by atoms with Crippen molar-refractivity contribution in [2.75, 3.05) is 20.2 Å². The number of methoxy groups -OCH3 is 1. The monoisotopic (exact) mass is 311 g/mol. The first-order valence-electron chi connectivity index (χ1n) is 7.29. The number of nitrogens with one attached hydrogen (secondary N) is 1. The lowest BCUT2D eigenvalue weighted by Crippen LogP contribution is -2.38. The molecular weight excluding hydrogens is 290 g/mol. The van der Waals surface area contributed by atoms with Crippen LogP contribution in [0.4, 0.5) is 0 Å². The van der Waals surface area contributed by atoms with Gasteiger partial charge in [0.05, 0.1) is 12.4 Å². The van der Waals surface area contributed by atoms with E-state index in [1.165, 1.54) is 0 Å². The summed E-state index contributed by atoms with van der Waals surface area (Å²) in [5, 5.41) is -0.141. The Morgan fingerprint density at radius 3 is 2.81 bits per heavy atom. The van der Waals surface area contributed by atoms with Gasteiger partial charge >= 0.3 is 0 Å². The van der Waals surface area contributed by atoms with Crippen molar-refractivity contribution >= 4 is 10.0 Å². The smallest absolute Gasteiger partial charge is 0.214 e. The van der Waals surface area contributed by atoms with Crippen molar-refractivity contribution in [3.63, 3.8) is 0 Å². The van der Waals surface area contributed by atoms with Crippen molar-refractivity contribution < 1.29 is 13.2 Å². The van der Waals surface area contributed by atoms with Gasteiger partial charge in [0.2, 0.25) is 15.9 Å².